The molecule has 1 amide bonds. The number of carbonyl (C=O) groups is 2. The third-order valence-electron chi connectivity index (χ3n) is 6.39. The van der Waals surface area contributed by atoms with E-state index in [-0.39, 0.29) is 11.3 Å². The molecular weight excluding hydrogens is 502 g/mol. The lowest BCUT2D eigenvalue weighted by Gasteiger charge is -2.19. The van der Waals surface area contributed by atoms with Crippen molar-refractivity contribution in [3.05, 3.63) is 106 Å². The van der Waals surface area contributed by atoms with Crippen molar-refractivity contribution in [2.75, 3.05) is 5.32 Å². The number of hydrogen-bond acceptors (Lipinski definition) is 5. The Morgan fingerprint density at radius 3 is 2.29 bits per heavy atom. The minimum Gasteiger partial charge on any atom is -0.448 e. The molecule has 5 rings (SSSR count). The van der Waals surface area contributed by atoms with Crippen LogP contribution in [0.2, 0.25) is 5.02 Å². The first kappa shape index (κ1) is 25.2. The quantitative estimate of drug-likeness (QED) is 0.288. The zero-order valence-corrected chi connectivity index (χ0v) is 21.7. The van der Waals surface area contributed by atoms with Crippen molar-refractivity contribution in [3.8, 4) is 11.1 Å². The van der Waals surface area contributed by atoms with Crippen molar-refractivity contribution < 1.29 is 14.3 Å². The van der Waals surface area contributed by atoms with E-state index in [0.717, 1.165) is 16.6 Å². The molecule has 0 aliphatic heterocycles. The van der Waals surface area contributed by atoms with Crippen LogP contribution in [-0.4, -0.2) is 27.5 Å². The SMILES string of the molecule is Cc1cc(NC(=O)C(C)OC(=O)c2c(-c3ccc(Cl)cc3)c3ccccc3c(=O)n2C)c2ccccc2n1. The largest absolute Gasteiger partial charge is 0.448 e. The summed E-state index contributed by atoms with van der Waals surface area (Å²) in [5.74, 6) is -1.30. The standard InChI is InChI=1S/C30H24ClN3O4/c1-17-16-25(23-10-6-7-11-24(23)32-17)33-28(35)18(2)38-30(37)27-26(19-12-14-20(31)15-13-19)21-8-4-5-9-22(21)29(36)34(27)3/h4-16,18H,1-3H3,(H,32,33,35). The van der Waals surface area contributed by atoms with Crippen molar-refractivity contribution in [1.82, 2.24) is 9.55 Å². The molecule has 0 radical (unpaired) electrons. The number of benzene rings is 3. The van der Waals surface area contributed by atoms with Crippen LogP contribution in [0.3, 0.4) is 0 Å². The Morgan fingerprint density at radius 1 is 0.947 bits per heavy atom. The van der Waals surface area contributed by atoms with Gasteiger partial charge in [0.05, 0.1) is 11.2 Å². The minimum absolute atomic E-state index is 0.0425. The van der Waals surface area contributed by atoms with Crippen LogP contribution in [-0.2, 0) is 16.6 Å². The monoisotopic (exact) mass is 525 g/mol. The maximum Gasteiger partial charge on any atom is 0.356 e. The molecular formula is C30H24ClN3O4. The molecule has 0 saturated heterocycles. The molecule has 8 heteroatoms. The Morgan fingerprint density at radius 2 is 1.58 bits per heavy atom. The molecule has 7 nitrogen and oxygen atoms in total. The average molecular weight is 526 g/mol. The highest BCUT2D eigenvalue weighted by molar-refractivity contribution is 6.30. The van der Waals surface area contributed by atoms with Crippen LogP contribution >= 0.6 is 11.6 Å². The lowest BCUT2D eigenvalue weighted by Crippen LogP contribution is -2.33. The van der Waals surface area contributed by atoms with Crippen molar-refractivity contribution in [3.63, 3.8) is 0 Å². The van der Waals surface area contributed by atoms with E-state index in [9.17, 15) is 14.4 Å². The third kappa shape index (κ3) is 4.64. The molecule has 1 N–H and O–H groups in total. The van der Waals surface area contributed by atoms with Crippen LogP contribution in [0.5, 0.6) is 0 Å². The Hall–Kier alpha value is -4.49. The van der Waals surface area contributed by atoms with E-state index in [1.165, 1.54) is 18.5 Å². The van der Waals surface area contributed by atoms with Gasteiger partial charge < -0.3 is 14.6 Å². The number of fused-ring (bicyclic) bond motifs is 2. The first-order valence-corrected chi connectivity index (χ1v) is 12.4. The zero-order valence-electron chi connectivity index (χ0n) is 21.0. The number of amides is 1. The summed E-state index contributed by atoms with van der Waals surface area (Å²) in [6.07, 6.45) is -1.14. The summed E-state index contributed by atoms with van der Waals surface area (Å²) >= 11 is 6.10. The van der Waals surface area contributed by atoms with Gasteiger partial charge in [-0.3, -0.25) is 14.6 Å². The molecule has 190 valence electrons. The predicted octanol–water partition coefficient (Wildman–Crippen LogP) is 5.90. The Kier molecular flexibility index (Phi) is 6.70. The number of aromatic nitrogens is 2. The van der Waals surface area contributed by atoms with Crippen molar-refractivity contribution >= 4 is 50.8 Å². The number of pyridine rings is 2. The molecule has 2 aromatic heterocycles. The fourth-order valence-corrected chi connectivity index (χ4v) is 4.65. The molecule has 0 fully saturated rings. The number of carbonyl (C=O) groups excluding carboxylic acids is 2. The van der Waals surface area contributed by atoms with Crippen molar-refractivity contribution in [2.45, 2.75) is 20.0 Å². The highest BCUT2D eigenvalue weighted by atomic mass is 35.5. The van der Waals surface area contributed by atoms with Gasteiger partial charge in [-0.2, -0.15) is 0 Å². The van der Waals surface area contributed by atoms with E-state index in [2.05, 4.69) is 10.3 Å². The lowest BCUT2D eigenvalue weighted by molar-refractivity contribution is -0.123. The minimum atomic E-state index is -1.14. The number of ether oxygens (including phenoxy) is 1. The van der Waals surface area contributed by atoms with Gasteiger partial charge in [0.2, 0.25) is 0 Å². The summed E-state index contributed by atoms with van der Waals surface area (Å²) in [5, 5.41) is 5.22. The van der Waals surface area contributed by atoms with Gasteiger partial charge in [-0.15, -0.1) is 0 Å². The number of aryl methyl sites for hydroxylation is 1. The molecule has 0 saturated carbocycles. The molecule has 38 heavy (non-hydrogen) atoms. The fraction of sp³-hybridized carbons (Fsp3) is 0.133. The second-order valence-electron chi connectivity index (χ2n) is 9.01. The maximum absolute atomic E-state index is 13.6. The number of nitrogens with one attached hydrogen (secondary N) is 1. The van der Waals surface area contributed by atoms with Gasteiger partial charge in [0.1, 0.15) is 5.69 Å². The van der Waals surface area contributed by atoms with E-state index < -0.39 is 18.0 Å². The van der Waals surface area contributed by atoms with E-state index >= 15 is 0 Å². The van der Waals surface area contributed by atoms with Crippen molar-refractivity contribution in [1.29, 1.82) is 0 Å². The number of anilines is 1. The van der Waals surface area contributed by atoms with Crippen LogP contribution in [0.4, 0.5) is 5.69 Å². The van der Waals surface area contributed by atoms with E-state index in [1.807, 2.05) is 31.2 Å². The normalized spacial score (nSPS) is 11.9. The molecule has 2 heterocycles. The summed E-state index contributed by atoms with van der Waals surface area (Å²) in [4.78, 5) is 44.3. The summed E-state index contributed by atoms with van der Waals surface area (Å²) in [7, 11) is 1.52. The van der Waals surface area contributed by atoms with Gasteiger partial charge in [0.25, 0.3) is 11.5 Å². The van der Waals surface area contributed by atoms with Crippen LogP contribution in [0, 0.1) is 6.92 Å². The highest BCUT2D eigenvalue weighted by Crippen LogP contribution is 2.32. The number of esters is 1. The van der Waals surface area contributed by atoms with Crippen molar-refractivity contribution in [2.24, 2.45) is 7.05 Å². The lowest BCUT2D eigenvalue weighted by atomic mass is 9.96. The average Bonchev–Trinajstić information content (AvgIpc) is 2.91. The van der Waals surface area contributed by atoms with E-state index in [4.69, 9.17) is 16.3 Å². The maximum atomic E-state index is 13.6. The second kappa shape index (κ2) is 10.1. The topological polar surface area (TPSA) is 90.3 Å². The summed E-state index contributed by atoms with van der Waals surface area (Å²) in [6.45, 7) is 3.33. The van der Waals surface area contributed by atoms with Gasteiger partial charge in [-0.25, -0.2) is 4.79 Å². The summed E-state index contributed by atoms with van der Waals surface area (Å²) in [5.41, 5.74) is 2.95. The van der Waals surface area contributed by atoms with Gasteiger partial charge in [0, 0.05) is 34.1 Å². The van der Waals surface area contributed by atoms with Gasteiger partial charge in [0.15, 0.2) is 6.10 Å². The molecule has 1 atom stereocenters. The smallest absolute Gasteiger partial charge is 0.356 e. The van der Waals surface area contributed by atoms with Gasteiger partial charge in [-0.05, 0) is 55.1 Å². The summed E-state index contributed by atoms with van der Waals surface area (Å²) < 4.78 is 6.89. The Bertz CT molecular complexity index is 1780. The van der Waals surface area contributed by atoms with Gasteiger partial charge >= 0.3 is 5.97 Å². The Labute approximate surface area is 223 Å². The number of halogens is 1. The van der Waals surface area contributed by atoms with Crippen LogP contribution in [0.1, 0.15) is 23.1 Å². The van der Waals surface area contributed by atoms with Gasteiger partial charge in [-0.1, -0.05) is 60.1 Å². The van der Waals surface area contributed by atoms with Crippen LogP contribution in [0.15, 0.2) is 83.7 Å². The highest BCUT2D eigenvalue weighted by Gasteiger charge is 2.26. The Balaban J connectivity index is 1.51. The fourth-order valence-electron chi connectivity index (χ4n) is 4.53. The summed E-state index contributed by atoms with van der Waals surface area (Å²) in [6, 6.07) is 23.2. The molecule has 0 aliphatic rings. The number of para-hydroxylation sites is 1. The molecule has 5 aromatic rings. The van der Waals surface area contributed by atoms with Crippen LogP contribution in [0.25, 0.3) is 32.8 Å². The molecule has 0 bridgehead atoms. The zero-order chi connectivity index (χ0) is 27.0. The van der Waals surface area contributed by atoms with E-state index in [0.29, 0.717) is 32.6 Å². The first-order chi connectivity index (χ1) is 18.2. The second-order valence-corrected chi connectivity index (χ2v) is 9.44. The molecule has 1 unspecified atom stereocenters. The predicted molar refractivity (Wildman–Crippen MR) is 150 cm³/mol. The molecule has 0 spiro atoms. The molecule has 3 aromatic carbocycles. The number of nitrogens with zero attached hydrogens (tertiary/aromatic N) is 2. The number of rotatable bonds is 5. The van der Waals surface area contributed by atoms with E-state index in [1.54, 1.807) is 54.6 Å². The first-order valence-electron chi connectivity index (χ1n) is 12.0. The third-order valence-corrected chi connectivity index (χ3v) is 6.64. The van der Waals surface area contributed by atoms with Crippen LogP contribution < -0.4 is 10.9 Å². The number of hydrogen-bond donors (Lipinski definition) is 1. The molecule has 0 aliphatic carbocycles.